The molecule has 1 aliphatic rings. The molecule has 0 unspecified atom stereocenters. The normalized spacial score (nSPS) is 15.5. The number of hydrogen-bond acceptors (Lipinski definition) is 3. The Morgan fingerprint density at radius 2 is 1.67 bits per heavy atom. The SMILES string of the molecule is O=C(N[C@@H](Cc1cccc2ccccc12)C(=O)Nc1ccncc1)C1CCCCC1. The Morgan fingerprint density at radius 3 is 2.47 bits per heavy atom. The van der Waals surface area contributed by atoms with Crippen LogP contribution in [0.2, 0.25) is 0 Å². The number of rotatable bonds is 6. The molecule has 0 aliphatic heterocycles. The molecule has 1 heterocycles. The van der Waals surface area contributed by atoms with E-state index in [2.05, 4.69) is 33.8 Å². The quantitative estimate of drug-likeness (QED) is 0.640. The lowest BCUT2D eigenvalue weighted by Gasteiger charge is -2.25. The number of anilines is 1. The molecule has 0 spiro atoms. The minimum atomic E-state index is -0.640. The third-order valence-electron chi connectivity index (χ3n) is 5.86. The van der Waals surface area contributed by atoms with Gasteiger partial charge in [-0.05, 0) is 41.3 Å². The third-order valence-corrected chi connectivity index (χ3v) is 5.86. The molecule has 0 saturated heterocycles. The van der Waals surface area contributed by atoms with Gasteiger partial charge in [0, 0.05) is 30.4 Å². The molecule has 1 aromatic heterocycles. The fourth-order valence-corrected chi connectivity index (χ4v) is 4.22. The molecule has 2 amide bonds. The summed E-state index contributed by atoms with van der Waals surface area (Å²) in [5, 5.41) is 8.21. The van der Waals surface area contributed by atoms with Crippen molar-refractivity contribution in [3.05, 3.63) is 72.6 Å². The van der Waals surface area contributed by atoms with Crippen LogP contribution in [0.15, 0.2) is 67.0 Å². The van der Waals surface area contributed by atoms with Gasteiger partial charge in [-0.25, -0.2) is 0 Å². The van der Waals surface area contributed by atoms with Gasteiger partial charge < -0.3 is 10.6 Å². The highest BCUT2D eigenvalue weighted by molar-refractivity contribution is 5.98. The maximum atomic E-state index is 13.1. The number of hydrogen-bond donors (Lipinski definition) is 2. The lowest BCUT2D eigenvalue weighted by atomic mass is 9.88. The minimum absolute atomic E-state index is 0.00231. The second kappa shape index (κ2) is 9.53. The van der Waals surface area contributed by atoms with Crippen molar-refractivity contribution in [1.29, 1.82) is 0 Å². The van der Waals surface area contributed by atoms with Crippen LogP contribution in [-0.2, 0) is 16.0 Å². The summed E-state index contributed by atoms with van der Waals surface area (Å²) >= 11 is 0. The van der Waals surface area contributed by atoms with Crippen molar-refractivity contribution >= 4 is 28.3 Å². The molecule has 1 fully saturated rings. The van der Waals surface area contributed by atoms with Gasteiger partial charge in [-0.3, -0.25) is 14.6 Å². The number of nitrogens with one attached hydrogen (secondary N) is 2. The van der Waals surface area contributed by atoms with Gasteiger partial charge in [0.2, 0.25) is 11.8 Å². The molecule has 154 valence electrons. The first-order chi connectivity index (χ1) is 14.7. The van der Waals surface area contributed by atoms with Gasteiger partial charge in [-0.2, -0.15) is 0 Å². The van der Waals surface area contributed by atoms with Crippen LogP contribution in [0.5, 0.6) is 0 Å². The van der Waals surface area contributed by atoms with Crippen LogP contribution in [0.3, 0.4) is 0 Å². The van der Waals surface area contributed by atoms with Gasteiger partial charge >= 0.3 is 0 Å². The van der Waals surface area contributed by atoms with Crippen molar-refractivity contribution in [2.45, 2.75) is 44.6 Å². The van der Waals surface area contributed by atoms with Crippen LogP contribution in [0.1, 0.15) is 37.7 Å². The van der Waals surface area contributed by atoms with E-state index in [4.69, 9.17) is 0 Å². The first-order valence-electron chi connectivity index (χ1n) is 10.7. The van der Waals surface area contributed by atoms with Crippen LogP contribution in [-0.4, -0.2) is 22.8 Å². The van der Waals surface area contributed by atoms with Crippen LogP contribution in [0.4, 0.5) is 5.69 Å². The largest absolute Gasteiger partial charge is 0.344 e. The minimum Gasteiger partial charge on any atom is -0.344 e. The molecule has 2 N–H and O–H groups in total. The molecular formula is C25H27N3O2. The van der Waals surface area contributed by atoms with E-state index in [1.807, 2.05) is 24.3 Å². The standard InChI is InChI=1S/C25H27N3O2/c29-24(19-8-2-1-3-9-19)28-23(25(30)27-21-13-15-26-16-14-21)17-20-11-6-10-18-7-4-5-12-22(18)20/h4-7,10-16,19,23H,1-3,8-9,17H2,(H,28,29)(H,26,27,30)/t23-/m0/s1. The maximum Gasteiger partial charge on any atom is 0.247 e. The molecule has 2 aromatic carbocycles. The third kappa shape index (κ3) is 4.85. The van der Waals surface area contributed by atoms with Gasteiger partial charge in [0.05, 0.1) is 0 Å². The van der Waals surface area contributed by atoms with Crippen molar-refractivity contribution in [2.24, 2.45) is 5.92 Å². The van der Waals surface area contributed by atoms with Crippen molar-refractivity contribution < 1.29 is 9.59 Å². The summed E-state index contributed by atoms with van der Waals surface area (Å²) in [5.41, 5.74) is 1.72. The monoisotopic (exact) mass is 401 g/mol. The summed E-state index contributed by atoms with van der Waals surface area (Å²) in [6, 6.07) is 17.1. The molecule has 0 radical (unpaired) electrons. The van der Waals surface area contributed by atoms with Gasteiger partial charge in [0.15, 0.2) is 0 Å². The topological polar surface area (TPSA) is 71.1 Å². The molecule has 5 heteroatoms. The molecule has 3 aromatic rings. The Labute approximate surface area is 176 Å². The highest BCUT2D eigenvalue weighted by atomic mass is 16.2. The summed E-state index contributed by atoms with van der Waals surface area (Å²) in [6.07, 6.45) is 8.86. The van der Waals surface area contributed by atoms with Gasteiger partial charge in [-0.1, -0.05) is 61.7 Å². The fraction of sp³-hybridized carbons (Fsp3) is 0.320. The molecular weight excluding hydrogens is 374 g/mol. The average Bonchev–Trinajstić information content (AvgIpc) is 2.80. The average molecular weight is 402 g/mol. The number of aromatic nitrogens is 1. The van der Waals surface area contributed by atoms with E-state index in [1.54, 1.807) is 24.5 Å². The molecule has 5 nitrogen and oxygen atoms in total. The van der Waals surface area contributed by atoms with Crippen LogP contribution in [0.25, 0.3) is 10.8 Å². The van der Waals surface area contributed by atoms with E-state index >= 15 is 0 Å². The second-order valence-electron chi connectivity index (χ2n) is 7.96. The number of amides is 2. The molecule has 1 atom stereocenters. The summed E-state index contributed by atoms with van der Waals surface area (Å²) < 4.78 is 0. The molecule has 0 bridgehead atoms. The lowest BCUT2D eigenvalue weighted by Crippen LogP contribution is -2.47. The van der Waals surface area contributed by atoms with Crippen molar-refractivity contribution in [3.63, 3.8) is 0 Å². The Morgan fingerprint density at radius 1 is 0.933 bits per heavy atom. The number of pyridine rings is 1. The van der Waals surface area contributed by atoms with Gasteiger partial charge in [-0.15, -0.1) is 0 Å². The van der Waals surface area contributed by atoms with E-state index in [1.165, 1.54) is 6.42 Å². The lowest BCUT2D eigenvalue weighted by molar-refractivity contribution is -0.130. The van der Waals surface area contributed by atoms with E-state index < -0.39 is 6.04 Å². The van der Waals surface area contributed by atoms with Gasteiger partial charge in [0.1, 0.15) is 6.04 Å². The Kier molecular flexibility index (Phi) is 6.38. The zero-order chi connectivity index (χ0) is 20.8. The number of fused-ring (bicyclic) bond motifs is 1. The van der Waals surface area contributed by atoms with Crippen molar-refractivity contribution in [1.82, 2.24) is 10.3 Å². The van der Waals surface area contributed by atoms with Gasteiger partial charge in [0.25, 0.3) is 0 Å². The smallest absolute Gasteiger partial charge is 0.247 e. The van der Waals surface area contributed by atoms with E-state index in [0.29, 0.717) is 12.1 Å². The maximum absolute atomic E-state index is 13.1. The predicted octanol–water partition coefficient (Wildman–Crippen LogP) is 4.48. The van der Waals surface area contributed by atoms with E-state index in [-0.39, 0.29) is 17.7 Å². The summed E-state index contributed by atoms with van der Waals surface area (Å²) in [4.78, 5) is 30.0. The summed E-state index contributed by atoms with van der Waals surface area (Å²) in [5.74, 6) is -0.217. The second-order valence-corrected chi connectivity index (χ2v) is 7.96. The first kappa shape index (κ1) is 20.1. The molecule has 1 saturated carbocycles. The number of nitrogens with zero attached hydrogens (tertiary/aromatic N) is 1. The van der Waals surface area contributed by atoms with E-state index in [9.17, 15) is 9.59 Å². The Bertz CT molecular complexity index is 1010. The van der Waals surface area contributed by atoms with Crippen LogP contribution in [0, 0.1) is 5.92 Å². The molecule has 4 rings (SSSR count). The summed E-state index contributed by atoms with van der Waals surface area (Å²) in [7, 11) is 0. The highest BCUT2D eigenvalue weighted by Gasteiger charge is 2.27. The molecule has 30 heavy (non-hydrogen) atoms. The highest BCUT2D eigenvalue weighted by Crippen LogP contribution is 2.25. The Balaban J connectivity index is 1.57. The first-order valence-corrected chi connectivity index (χ1v) is 10.7. The number of carbonyl (C=O) groups excluding carboxylic acids is 2. The number of benzene rings is 2. The van der Waals surface area contributed by atoms with Crippen LogP contribution < -0.4 is 10.6 Å². The van der Waals surface area contributed by atoms with Crippen molar-refractivity contribution in [2.75, 3.05) is 5.32 Å². The molecule has 1 aliphatic carbocycles. The Hall–Kier alpha value is -3.21. The van der Waals surface area contributed by atoms with Crippen molar-refractivity contribution in [3.8, 4) is 0 Å². The van der Waals surface area contributed by atoms with Crippen LogP contribution >= 0.6 is 0 Å². The van der Waals surface area contributed by atoms with E-state index in [0.717, 1.165) is 42.0 Å². The number of carbonyl (C=O) groups is 2. The summed E-state index contributed by atoms with van der Waals surface area (Å²) in [6.45, 7) is 0. The zero-order valence-corrected chi connectivity index (χ0v) is 17.0. The predicted molar refractivity (Wildman–Crippen MR) is 119 cm³/mol. The zero-order valence-electron chi connectivity index (χ0n) is 17.0. The fourth-order valence-electron chi connectivity index (χ4n) is 4.22.